The van der Waals surface area contributed by atoms with E-state index in [-0.39, 0.29) is 41.2 Å². The molecule has 0 aromatic heterocycles. The van der Waals surface area contributed by atoms with Gasteiger partial charge in [-0.25, -0.2) is 0 Å². The van der Waals surface area contributed by atoms with E-state index in [0.717, 1.165) is 12.8 Å². The number of hydrogen-bond donors (Lipinski definition) is 7. The second-order valence-corrected chi connectivity index (χ2v) is 11.6. The number of likely N-dealkylation sites (N-methyl/N-ethyl adjacent to an activating group) is 1. The standard InChI is InChI=1S/C27H31ClN4O8/c1-32(2)20-13-6-11-5-12-7-14(28)19(31-15(33)9-30-8-10-3-4-10)22(35)16(12)21(34)17(11)24(37)27(13,40)25(38)18(23(20)36)26(29)39/h7,10-11,13,20,30,34-35,38,40H,3-6,8-9H2,1-2H3,(H2,29,39)(H,31,33)/t11?,13?,20-,27-/m0/s1. The minimum atomic E-state index is -2.73. The van der Waals surface area contributed by atoms with Crippen molar-refractivity contribution in [2.75, 3.05) is 32.5 Å². The molecule has 1 aromatic carbocycles. The molecule has 2 fully saturated rings. The van der Waals surface area contributed by atoms with E-state index in [0.29, 0.717) is 18.0 Å². The molecule has 0 heterocycles. The SMILES string of the molecule is CN(C)[C@@H]1C(=O)C(C(N)=O)=C(O)[C@@]2(O)C(=O)C3=C(O)c4c(cc(Cl)c(NC(=O)CNCC5CC5)c4O)CC3CC12. The number of carbonyl (C=O) groups excluding carboxylic acids is 4. The third kappa shape index (κ3) is 4.26. The van der Waals surface area contributed by atoms with Crippen LogP contribution in [0.25, 0.3) is 5.76 Å². The number of ketones is 2. The molecule has 13 heteroatoms. The first-order chi connectivity index (χ1) is 18.8. The van der Waals surface area contributed by atoms with Crippen LogP contribution in [0.1, 0.15) is 30.4 Å². The van der Waals surface area contributed by atoms with Gasteiger partial charge in [-0.2, -0.15) is 0 Å². The van der Waals surface area contributed by atoms with Gasteiger partial charge in [0.25, 0.3) is 5.91 Å². The monoisotopic (exact) mass is 574 g/mol. The number of halogens is 1. The lowest BCUT2D eigenvalue weighted by molar-refractivity contribution is -0.153. The average Bonchev–Trinajstić information content (AvgIpc) is 3.68. The number of anilines is 1. The Balaban J connectivity index is 1.56. The van der Waals surface area contributed by atoms with E-state index in [4.69, 9.17) is 17.3 Å². The number of aliphatic hydroxyl groups excluding tert-OH is 2. The summed E-state index contributed by atoms with van der Waals surface area (Å²) in [6.07, 6.45) is 2.28. The fourth-order valence-corrected chi connectivity index (χ4v) is 6.55. The van der Waals surface area contributed by atoms with E-state index in [1.165, 1.54) is 25.1 Å². The number of amides is 2. The molecule has 12 nitrogen and oxygen atoms in total. The number of aliphatic hydroxyl groups is 3. The van der Waals surface area contributed by atoms with Crippen LogP contribution < -0.4 is 16.4 Å². The van der Waals surface area contributed by atoms with Gasteiger partial charge in [0.1, 0.15) is 22.8 Å². The van der Waals surface area contributed by atoms with E-state index in [2.05, 4.69) is 10.6 Å². The molecule has 0 radical (unpaired) electrons. The second-order valence-electron chi connectivity index (χ2n) is 11.2. The first-order valence-electron chi connectivity index (χ1n) is 13.0. The van der Waals surface area contributed by atoms with Gasteiger partial charge in [0, 0.05) is 11.5 Å². The summed E-state index contributed by atoms with van der Waals surface area (Å²) >= 11 is 6.40. The number of nitrogens with one attached hydrogen (secondary N) is 2. The zero-order valence-corrected chi connectivity index (χ0v) is 22.7. The quantitative estimate of drug-likeness (QED) is 0.178. The average molecular weight is 575 g/mol. The minimum Gasteiger partial charge on any atom is -0.508 e. The molecule has 2 amide bonds. The fourth-order valence-electron chi connectivity index (χ4n) is 6.28. The van der Waals surface area contributed by atoms with Crippen LogP contribution in [-0.2, 0) is 25.6 Å². The van der Waals surface area contributed by atoms with Crippen LogP contribution in [-0.4, -0.2) is 87.5 Å². The first kappa shape index (κ1) is 28.1. The Bertz CT molecular complexity index is 1420. The van der Waals surface area contributed by atoms with Crippen molar-refractivity contribution in [1.82, 2.24) is 10.2 Å². The van der Waals surface area contributed by atoms with Crippen molar-refractivity contribution in [2.45, 2.75) is 37.3 Å². The number of rotatable bonds is 7. The summed E-state index contributed by atoms with van der Waals surface area (Å²) in [7, 11) is 3.06. The summed E-state index contributed by atoms with van der Waals surface area (Å²) in [6.45, 7) is 0.668. The van der Waals surface area contributed by atoms with Crippen LogP contribution in [0.5, 0.6) is 5.75 Å². The van der Waals surface area contributed by atoms with Gasteiger partial charge in [0.15, 0.2) is 17.1 Å². The van der Waals surface area contributed by atoms with Gasteiger partial charge >= 0.3 is 0 Å². The van der Waals surface area contributed by atoms with Gasteiger partial charge in [0.2, 0.25) is 11.7 Å². The van der Waals surface area contributed by atoms with Crippen LogP contribution in [0, 0.1) is 17.8 Å². The van der Waals surface area contributed by atoms with Gasteiger partial charge in [-0.3, -0.25) is 24.1 Å². The zero-order valence-electron chi connectivity index (χ0n) is 22.0. The molecule has 2 unspecified atom stereocenters. The highest BCUT2D eigenvalue weighted by Crippen LogP contribution is 2.54. The predicted molar refractivity (Wildman–Crippen MR) is 143 cm³/mol. The smallest absolute Gasteiger partial charge is 0.255 e. The molecule has 1 aromatic rings. The summed E-state index contributed by atoms with van der Waals surface area (Å²) in [6, 6.07) is 0.306. The lowest BCUT2D eigenvalue weighted by Crippen LogP contribution is -2.65. The van der Waals surface area contributed by atoms with E-state index < -0.39 is 69.7 Å². The molecular formula is C27H31ClN4O8. The predicted octanol–water partition coefficient (Wildman–Crippen LogP) is 0.556. The van der Waals surface area contributed by atoms with Crippen molar-refractivity contribution in [3.05, 3.63) is 39.1 Å². The topological polar surface area (TPSA) is 203 Å². The highest BCUT2D eigenvalue weighted by molar-refractivity contribution is 6.34. The molecule has 0 spiro atoms. The van der Waals surface area contributed by atoms with Crippen LogP contribution in [0.2, 0.25) is 5.02 Å². The largest absolute Gasteiger partial charge is 0.508 e. The van der Waals surface area contributed by atoms with E-state index in [1.54, 1.807) is 0 Å². The van der Waals surface area contributed by atoms with Crippen LogP contribution in [0.15, 0.2) is 23.0 Å². The maximum absolute atomic E-state index is 13.9. The second kappa shape index (κ2) is 9.88. The molecular weight excluding hydrogens is 544 g/mol. The first-order valence-corrected chi connectivity index (χ1v) is 13.4. The van der Waals surface area contributed by atoms with Crippen molar-refractivity contribution < 1.29 is 39.6 Å². The number of nitrogens with two attached hydrogens (primary N) is 1. The highest BCUT2D eigenvalue weighted by atomic mass is 35.5. The Kier molecular flexibility index (Phi) is 6.94. The fraction of sp³-hybridized carbons (Fsp3) is 0.481. The van der Waals surface area contributed by atoms with E-state index in [9.17, 15) is 39.6 Å². The highest BCUT2D eigenvalue weighted by Gasteiger charge is 2.64. The van der Waals surface area contributed by atoms with Crippen molar-refractivity contribution in [3.8, 4) is 5.75 Å². The molecule has 0 aliphatic heterocycles. The van der Waals surface area contributed by atoms with Crippen molar-refractivity contribution in [3.63, 3.8) is 0 Å². The van der Waals surface area contributed by atoms with Gasteiger partial charge in [-0.15, -0.1) is 0 Å². The van der Waals surface area contributed by atoms with Gasteiger partial charge in [-0.1, -0.05) is 11.6 Å². The number of carbonyl (C=O) groups is 4. The maximum Gasteiger partial charge on any atom is 0.255 e. The van der Waals surface area contributed by atoms with Gasteiger partial charge < -0.3 is 36.8 Å². The molecule has 0 saturated heterocycles. The van der Waals surface area contributed by atoms with Crippen molar-refractivity contribution in [2.24, 2.45) is 23.5 Å². The summed E-state index contributed by atoms with van der Waals surface area (Å²) in [5.74, 6) is -7.42. The van der Waals surface area contributed by atoms with E-state index >= 15 is 0 Å². The molecule has 4 aliphatic carbocycles. The number of fused-ring (bicyclic) bond motifs is 3. The van der Waals surface area contributed by atoms with Crippen LogP contribution in [0.3, 0.4) is 0 Å². The lowest BCUT2D eigenvalue weighted by atomic mass is 9.57. The van der Waals surface area contributed by atoms with Crippen molar-refractivity contribution >= 4 is 46.4 Å². The molecule has 2 saturated carbocycles. The van der Waals surface area contributed by atoms with Crippen molar-refractivity contribution in [1.29, 1.82) is 0 Å². The number of nitrogens with zero attached hydrogens (tertiary/aromatic N) is 1. The minimum absolute atomic E-state index is 0.0207. The Hall–Kier alpha value is -3.45. The normalized spacial score (nSPS) is 27.9. The molecule has 8 N–H and O–H groups in total. The molecule has 4 aliphatic rings. The summed E-state index contributed by atoms with van der Waals surface area (Å²) in [5.41, 5.74) is 1.53. The molecule has 214 valence electrons. The Labute approximate surface area is 234 Å². The number of aromatic hydroxyl groups is 1. The molecule has 5 rings (SSSR count). The maximum atomic E-state index is 13.9. The molecule has 0 bridgehead atoms. The summed E-state index contributed by atoms with van der Waals surface area (Å²) in [5, 5.41) is 50.5. The number of phenols is 1. The molecule has 40 heavy (non-hydrogen) atoms. The third-order valence-corrected chi connectivity index (χ3v) is 8.64. The van der Waals surface area contributed by atoms with Gasteiger partial charge in [0.05, 0.1) is 23.2 Å². The number of benzene rings is 1. The number of phenolic OH excluding ortho intramolecular Hbond substituents is 1. The Morgan fingerprint density at radius 1 is 1.20 bits per heavy atom. The number of Topliss-reactive ketones (excluding diaryl/α,β-unsaturated/α-hetero) is 2. The molecule has 4 atom stereocenters. The summed E-state index contributed by atoms with van der Waals surface area (Å²) in [4.78, 5) is 53.0. The van der Waals surface area contributed by atoms with Crippen LogP contribution >= 0.6 is 11.6 Å². The Morgan fingerprint density at radius 2 is 1.88 bits per heavy atom. The number of primary amides is 1. The van der Waals surface area contributed by atoms with E-state index in [1.807, 2.05) is 0 Å². The zero-order chi connectivity index (χ0) is 29.3. The van der Waals surface area contributed by atoms with Gasteiger partial charge in [-0.05, 0) is 69.8 Å². The third-order valence-electron chi connectivity index (χ3n) is 8.34. The lowest BCUT2D eigenvalue weighted by Gasteiger charge is -2.50. The number of hydrogen-bond acceptors (Lipinski definition) is 10. The Morgan fingerprint density at radius 3 is 2.48 bits per heavy atom. The van der Waals surface area contributed by atoms with Crippen LogP contribution in [0.4, 0.5) is 5.69 Å². The summed E-state index contributed by atoms with van der Waals surface area (Å²) < 4.78 is 0.